The van der Waals surface area contributed by atoms with Crippen LogP contribution >= 0.6 is 23.1 Å². The largest absolute Gasteiger partial charge is 0.347 e. The van der Waals surface area contributed by atoms with Gasteiger partial charge in [-0.3, -0.25) is 14.4 Å². The van der Waals surface area contributed by atoms with Gasteiger partial charge in [0.2, 0.25) is 5.91 Å². The molecule has 9 heteroatoms. The van der Waals surface area contributed by atoms with Gasteiger partial charge in [0.15, 0.2) is 0 Å². The second-order valence-corrected chi connectivity index (χ2v) is 9.19. The number of hydrogen-bond donors (Lipinski definition) is 2. The fourth-order valence-electron chi connectivity index (χ4n) is 3.29. The summed E-state index contributed by atoms with van der Waals surface area (Å²) in [5, 5.41) is 3.80. The van der Waals surface area contributed by atoms with Gasteiger partial charge in [-0.25, -0.2) is 4.98 Å². The number of aromatic amines is 1. The van der Waals surface area contributed by atoms with E-state index in [2.05, 4.69) is 15.3 Å². The Morgan fingerprint density at radius 3 is 2.86 bits per heavy atom. The normalized spacial score (nSPS) is 13.3. The van der Waals surface area contributed by atoms with Crippen molar-refractivity contribution in [3.63, 3.8) is 0 Å². The molecule has 0 atom stereocenters. The Morgan fingerprint density at radius 1 is 1.39 bits per heavy atom. The van der Waals surface area contributed by atoms with Crippen LogP contribution in [-0.4, -0.2) is 44.7 Å². The maximum atomic E-state index is 12.8. The number of rotatable bonds is 6. The minimum atomic E-state index is -0.394. The summed E-state index contributed by atoms with van der Waals surface area (Å²) in [4.78, 5) is 47.2. The fraction of sp³-hybridized carbons (Fsp3) is 0.474. The molecule has 2 amide bonds. The zero-order valence-electron chi connectivity index (χ0n) is 16.3. The zero-order chi connectivity index (χ0) is 20.3. The number of thiazole rings is 1. The molecule has 1 aliphatic heterocycles. The predicted molar refractivity (Wildman–Crippen MR) is 112 cm³/mol. The average molecular weight is 421 g/mol. The number of nitrogens with one attached hydrogen (secondary N) is 2. The van der Waals surface area contributed by atoms with Crippen LogP contribution in [-0.2, 0) is 24.3 Å². The van der Waals surface area contributed by atoms with Crippen molar-refractivity contribution in [2.75, 3.05) is 18.1 Å². The first kappa shape index (κ1) is 20.6. The van der Waals surface area contributed by atoms with Crippen molar-refractivity contribution >= 4 is 34.9 Å². The maximum absolute atomic E-state index is 12.8. The van der Waals surface area contributed by atoms with Crippen molar-refractivity contribution in [1.29, 1.82) is 0 Å². The maximum Gasteiger partial charge on any atom is 0.261 e. The lowest BCUT2D eigenvalue weighted by Crippen LogP contribution is -2.40. The highest BCUT2D eigenvalue weighted by atomic mass is 32.2. The van der Waals surface area contributed by atoms with Crippen LogP contribution in [0.25, 0.3) is 0 Å². The summed E-state index contributed by atoms with van der Waals surface area (Å²) in [6.07, 6.45) is 2.13. The second kappa shape index (κ2) is 8.91. The Morgan fingerprint density at radius 2 is 2.18 bits per heavy atom. The van der Waals surface area contributed by atoms with E-state index in [0.717, 1.165) is 32.5 Å². The number of aromatic nitrogens is 2. The molecule has 7 nitrogen and oxygen atoms in total. The van der Waals surface area contributed by atoms with Crippen LogP contribution in [0.3, 0.4) is 0 Å². The number of pyridine rings is 1. The van der Waals surface area contributed by atoms with Crippen LogP contribution in [0.4, 0.5) is 0 Å². The van der Waals surface area contributed by atoms with Gasteiger partial charge < -0.3 is 15.2 Å². The minimum Gasteiger partial charge on any atom is -0.347 e. The highest BCUT2D eigenvalue weighted by Crippen LogP contribution is 2.21. The van der Waals surface area contributed by atoms with Crippen molar-refractivity contribution < 1.29 is 9.59 Å². The summed E-state index contributed by atoms with van der Waals surface area (Å²) in [6, 6.07) is 0. The Hall–Kier alpha value is -2.13. The molecule has 3 heterocycles. The van der Waals surface area contributed by atoms with Gasteiger partial charge in [-0.05, 0) is 37.1 Å². The van der Waals surface area contributed by atoms with Crippen LogP contribution in [0.5, 0.6) is 0 Å². The van der Waals surface area contributed by atoms with E-state index in [4.69, 9.17) is 0 Å². The van der Waals surface area contributed by atoms with E-state index in [0.29, 0.717) is 31.8 Å². The van der Waals surface area contributed by atoms with Crippen LogP contribution in [0.2, 0.25) is 0 Å². The van der Waals surface area contributed by atoms with Crippen molar-refractivity contribution in [2.24, 2.45) is 0 Å². The molecule has 2 N–H and O–H groups in total. The molecule has 28 heavy (non-hydrogen) atoms. The highest BCUT2D eigenvalue weighted by Gasteiger charge is 2.26. The molecule has 1 aliphatic rings. The lowest BCUT2D eigenvalue weighted by Gasteiger charge is -2.29. The molecule has 0 fully saturated rings. The van der Waals surface area contributed by atoms with Gasteiger partial charge in [0.25, 0.3) is 11.5 Å². The first-order chi connectivity index (χ1) is 13.4. The molecule has 0 spiro atoms. The van der Waals surface area contributed by atoms with Crippen molar-refractivity contribution in [2.45, 2.75) is 40.3 Å². The summed E-state index contributed by atoms with van der Waals surface area (Å²) in [5.74, 6) is 1.05. The van der Waals surface area contributed by atoms with Gasteiger partial charge in [-0.15, -0.1) is 11.3 Å². The molecule has 0 saturated carbocycles. The summed E-state index contributed by atoms with van der Waals surface area (Å²) >= 11 is 3.13. The number of fused-ring (bicyclic) bond motifs is 1. The number of H-pyrrole nitrogens is 1. The summed E-state index contributed by atoms with van der Waals surface area (Å²) in [6.45, 7) is 7.14. The number of amides is 2. The third-order valence-corrected chi connectivity index (χ3v) is 6.64. The molecule has 0 unspecified atom stereocenters. The number of nitrogens with zero attached hydrogens (tertiary/aromatic N) is 2. The monoisotopic (exact) mass is 420 g/mol. The van der Waals surface area contributed by atoms with E-state index in [1.165, 1.54) is 11.3 Å². The summed E-state index contributed by atoms with van der Waals surface area (Å²) in [7, 11) is 0. The summed E-state index contributed by atoms with van der Waals surface area (Å²) < 4.78 is 0. The molecule has 2 aromatic rings. The molecule has 0 aromatic carbocycles. The first-order valence-corrected chi connectivity index (χ1v) is 11.2. The van der Waals surface area contributed by atoms with Gasteiger partial charge >= 0.3 is 0 Å². The van der Waals surface area contributed by atoms with Crippen LogP contribution in [0, 0.1) is 13.8 Å². The van der Waals surface area contributed by atoms with Gasteiger partial charge in [0.1, 0.15) is 5.56 Å². The smallest absolute Gasteiger partial charge is 0.261 e. The zero-order valence-corrected chi connectivity index (χ0v) is 17.9. The minimum absolute atomic E-state index is 0.0886. The van der Waals surface area contributed by atoms with E-state index in [1.54, 1.807) is 22.9 Å². The van der Waals surface area contributed by atoms with Gasteiger partial charge in [0.05, 0.1) is 23.0 Å². The molecule has 0 saturated heterocycles. The molecule has 0 bridgehead atoms. The fourth-order valence-corrected chi connectivity index (χ4v) is 4.73. The Kier molecular flexibility index (Phi) is 6.56. The lowest BCUT2D eigenvalue weighted by molar-refractivity contribution is -0.129. The van der Waals surface area contributed by atoms with Crippen molar-refractivity contribution in [3.8, 4) is 0 Å². The third-order valence-electron chi connectivity index (χ3n) is 4.71. The van der Waals surface area contributed by atoms with E-state index >= 15 is 0 Å². The van der Waals surface area contributed by atoms with Gasteiger partial charge in [0, 0.05) is 24.2 Å². The molecular weight excluding hydrogens is 396 g/mol. The molecule has 150 valence electrons. The van der Waals surface area contributed by atoms with Gasteiger partial charge in [-0.2, -0.15) is 11.8 Å². The molecule has 2 aromatic heterocycles. The third kappa shape index (κ3) is 4.47. The molecule has 0 radical (unpaired) electrons. The van der Waals surface area contributed by atoms with Crippen LogP contribution < -0.4 is 10.9 Å². The number of hydrogen-bond acceptors (Lipinski definition) is 6. The average Bonchev–Trinajstić information content (AvgIpc) is 3.00. The number of aryl methyl sites for hydroxylation is 2. The molecular formula is C19H24N4O3S2. The second-order valence-electron chi connectivity index (χ2n) is 6.62. The van der Waals surface area contributed by atoms with Gasteiger partial charge in [-0.1, -0.05) is 6.92 Å². The van der Waals surface area contributed by atoms with E-state index < -0.39 is 5.56 Å². The molecule has 0 aliphatic carbocycles. The van der Waals surface area contributed by atoms with E-state index in [1.807, 2.05) is 20.8 Å². The van der Waals surface area contributed by atoms with Crippen molar-refractivity contribution in [3.05, 3.63) is 48.8 Å². The predicted octanol–water partition coefficient (Wildman–Crippen LogP) is 2.02. The lowest BCUT2D eigenvalue weighted by atomic mass is 9.96. The Bertz CT molecular complexity index is 951. The molecule has 3 rings (SSSR count). The Labute approximate surface area is 171 Å². The summed E-state index contributed by atoms with van der Waals surface area (Å²) in [5.41, 5.74) is 2.23. The van der Waals surface area contributed by atoms with E-state index in [-0.39, 0.29) is 17.4 Å². The topological polar surface area (TPSA) is 95.2 Å². The van der Waals surface area contributed by atoms with E-state index in [9.17, 15) is 14.4 Å². The SMILES string of the molecule is CCSCC(=O)N1CCc2c(c[nH]c(=O)c2C(=O)NCc2sc(C)nc2C)C1. The quantitative estimate of drug-likeness (QED) is 0.745. The number of carbonyl (C=O) groups is 2. The number of thioether (sulfide) groups is 1. The van der Waals surface area contributed by atoms with Crippen LogP contribution in [0.1, 0.15) is 44.0 Å². The Balaban J connectivity index is 1.76. The standard InChI is InChI=1S/C19H24N4O3S2/c1-4-27-10-16(24)23-6-5-14-13(9-23)7-20-18(25)17(14)19(26)21-8-15-11(2)22-12(3)28-15/h7H,4-6,8-10H2,1-3H3,(H,20,25)(H,21,26). The van der Waals surface area contributed by atoms with Crippen LogP contribution in [0.15, 0.2) is 11.0 Å². The number of carbonyl (C=O) groups excluding carboxylic acids is 2. The first-order valence-electron chi connectivity index (χ1n) is 9.20. The highest BCUT2D eigenvalue weighted by molar-refractivity contribution is 7.99. The van der Waals surface area contributed by atoms with Crippen molar-refractivity contribution in [1.82, 2.24) is 20.2 Å².